The summed E-state index contributed by atoms with van der Waals surface area (Å²) in [7, 11) is 0. The third-order valence-corrected chi connectivity index (χ3v) is 4.71. The van der Waals surface area contributed by atoms with Gasteiger partial charge in [0.15, 0.2) is 5.11 Å². The van der Waals surface area contributed by atoms with Gasteiger partial charge in [0.2, 0.25) is 0 Å². The molecule has 0 saturated carbocycles. The maximum Gasteiger partial charge on any atom is 0.171 e. The van der Waals surface area contributed by atoms with Crippen molar-refractivity contribution in [1.29, 1.82) is 0 Å². The van der Waals surface area contributed by atoms with Crippen LogP contribution >= 0.6 is 12.2 Å². The number of aryl methyl sites for hydroxylation is 1. The van der Waals surface area contributed by atoms with Crippen molar-refractivity contribution < 1.29 is 0 Å². The molecule has 24 heavy (non-hydrogen) atoms. The average molecular weight is 334 g/mol. The molecule has 122 valence electrons. The Balaban J connectivity index is 1.77. The highest BCUT2D eigenvalue weighted by Gasteiger charge is 2.11. The van der Waals surface area contributed by atoms with E-state index in [9.17, 15) is 0 Å². The SMILES string of the molecule is Cc1cccc(NC(=S)N[C@H](C)c2cccc3ccccc23)c1C. The van der Waals surface area contributed by atoms with Crippen LogP contribution in [0.15, 0.2) is 60.7 Å². The van der Waals surface area contributed by atoms with Gasteiger partial charge in [-0.3, -0.25) is 0 Å². The van der Waals surface area contributed by atoms with E-state index in [2.05, 4.69) is 86.0 Å². The number of rotatable bonds is 3. The first-order valence-corrected chi connectivity index (χ1v) is 8.58. The third kappa shape index (κ3) is 3.41. The van der Waals surface area contributed by atoms with Gasteiger partial charge in [-0.15, -0.1) is 0 Å². The topological polar surface area (TPSA) is 24.1 Å². The molecule has 3 heteroatoms. The van der Waals surface area contributed by atoms with Gasteiger partial charge >= 0.3 is 0 Å². The van der Waals surface area contributed by atoms with E-state index in [1.54, 1.807) is 0 Å². The van der Waals surface area contributed by atoms with Crippen LogP contribution in [0.5, 0.6) is 0 Å². The molecule has 0 aromatic heterocycles. The molecular weight excluding hydrogens is 312 g/mol. The fourth-order valence-electron chi connectivity index (χ4n) is 2.95. The van der Waals surface area contributed by atoms with E-state index in [0.717, 1.165) is 5.69 Å². The second-order valence-corrected chi connectivity index (χ2v) is 6.54. The van der Waals surface area contributed by atoms with Gasteiger partial charge in [-0.1, -0.05) is 54.6 Å². The molecular formula is C21H22N2S. The Labute approximate surface area is 148 Å². The Kier molecular flexibility index (Phi) is 4.81. The van der Waals surface area contributed by atoms with Crippen molar-refractivity contribution in [3.05, 3.63) is 77.4 Å². The Morgan fingerprint density at radius 1 is 0.917 bits per heavy atom. The molecule has 0 heterocycles. The normalized spacial score (nSPS) is 12.0. The predicted octanol–water partition coefficient (Wildman–Crippen LogP) is 5.50. The van der Waals surface area contributed by atoms with Crippen molar-refractivity contribution in [3.8, 4) is 0 Å². The van der Waals surface area contributed by atoms with Crippen LogP contribution in [0.25, 0.3) is 10.8 Å². The van der Waals surface area contributed by atoms with E-state index < -0.39 is 0 Å². The largest absolute Gasteiger partial charge is 0.356 e. The quantitative estimate of drug-likeness (QED) is 0.618. The van der Waals surface area contributed by atoms with E-state index in [0.29, 0.717) is 5.11 Å². The first-order valence-electron chi connectivity index (χ1n) is 8.17. The smallest absolute Gasteiger partial charge is 0.171 e. The van der Waals surface area contributed by atoms with Gasteiger partial charge in [-0.25, -0.2) is 0 Å². The lowest BCUT2D eigenvalue weighted by Gasteiger charge is -2.20. The zero-order valence-corrected chi connectivity index (χ0v) is 15.1. The van der Waals surface area contributed by atoms with Crippen LogP contribution in [-0.2, 0) is 0 Å². The fourth-order valence-corrected chi connectivity index (χ4v) is 3.23. The first kappa shape index (κ1) is 16.5. The number of hydrogen-bond donors (Lipinski definition) is 2. The first-order chi connectivity index (χ1) is 11.6. The minimum Gasteiger partial charge on any atom is -0.356 e. The van der Waals surface area contributed by atoms with Crippen LogP contribution in [0.3, 0.4) is 0 Å². The lowest BCUT2D eigenvalue weighted by atomic mass is 10.00. The number of anilines is 1. The molecule has 0 spiro atoms. The summed E-state index contributed by atoms with van der Waals surface area (Å²) in [6, 6.07) is 21.2. The van der Waals surface area contributed by atoms with Crippen molar-refractivity contribution >= 4 is 33.8 Å². The molecule has 3 rings (SSSR count). The van der Waals surface area contributed by atoms with Gasteiger partial charge < -0.3 is 10.6 Å². The Morgan fingerprint density at radius 3 is 2.46 bits per heavy atom. The minimum atomic E-state index is 0.126. The van der Waals surface area contributed by atoms with Crippen molar-refractivity contribution in [3.63, 3.8) is 0 Å². The summed E-state index contributed by atoms with van der Waals surface area (Å²) in [5, 5.41) is 9.87. The summed E-state index contributed by atoms with van der Waals surface area (Å²) in [6.07, 6.45) is 0. The molecule has 0 radical (unpaired) electrons. The van der Waals surface area contributed by atoms with Crippen LogP contribution in [0.2, 0.25) is 0 Å². The lowest BCUT2D eigenvalue weighted by Crippen LogP contribution is -2.31. The third-order valence-electron chi connectivity index (χ3n) is 4.49. The van der Waals surface area contributed by atoms with E-state index in [1.165, 1.54) is 27.5 Å². The molecule has 2 N–H and O–H groups in total. The van der Waals surface area contributed by atoms with Gasteiger partial charge in [0.05, 0.1) is 6.04 Å². The highest BCUT2D eigenvalue weighted by Crippen LogP contribution is 2.24. The summed E-state index contributed by atoms with van der Waals surface area (Å²) in [6.45, 7) is 6.35. The number of hydrogen-bond acceptors (Lipinski definition) is 1. The second-order valence-electron chi connectivity index (χ2n) is 6.14. The van der Waals surface area contributed by atoms with Gasteiger partial charge in [0.25, 0.3) is 0 Å². The molecule has 0 aliphatic heterocycles. The second kappa shape index (κ2) is 7.02. The number of nitrogens with one attached hydrogen (secondary N) is 2. The molecule has 1 atom stereocenters. The predicted molar refractivity (Wildman–Crippen MR) is 108 cm³/mol. The fraction of sp³-hybridized carbons (Fsp3) is 0.190. The molecule has 0 fully saturated rings. The van der Waals surface area contributed by atoms with Crippen molar-refractivity contribution in [1.82, 2.24) is 5.32 Å². The van der Waals surface area contributed by atoms with Gasteiger partial charge in [-0.05, 0) is 66.5 Å². The average Bonchev–Trinajstić information content (AvgIpc) is 2.58. The van der Waals surface area contributed by atoms with Crippen LogP contribution in [-0.4, -0.2) is 5.11 Å². The molecule has 0 aliphatic carbocycles. The maximum absolute atomic E-state index is 5.52. The zero-order valence-electron chi connectivity index (χ0n) is 14.3. The molecule has 2 nitrogen and oxygen atoms in total. The van der Waals surface area contributed by atoms with Crippen molar-refractivity contribution in [2.45, 2.75) is 26.8 Å². The standard InChI is InChI=1S/C21H22N2S/c1-14-8-6-13-20(15(14)2)23-21(24)22-16(3)18-12-7-10-17-9-4-5-11-19(17)18/h4-13,16H,1-3H3,(H2,22,23,24)/t16-/m1/s1. The highest BCUT2D eigenvalue weighted by molar-refractivity contribution is 7.80. The summed E-state index contributed by atoms with van der Waals surface area (Å²) >= 11 is 5.52. The number of fused-ring (bicyclic) bond motifs is 1. The molecule has 0 unspecified atom stereocenters. The van der Waals surface area contributed by atoms with Crippen molar-refractivity contribution in [2.75, 3.05) is 5.32 Å². The van der Waals surface area contributed by atoms with Crippen LogP contribution in [0, 0.1) is 13.8 Å². The lowest BCUT2D eigenvalue weighted by molar-refractivity contribution is 0.729. The van der Waals surface area contributed by atoms with E-state index >= 15 is 0 Å². The maximum atomic E-state index is 5.52. The minimum absolute atomic E-state index is 0.126. The summed E-state index contributed by atoms with van der Waals surface area (Å²) < 4.78 is 0. The Hall–Kier alpha value is -2.39. The number of benzene rings is 3. The zero-order chi connectivity index (χ0) is 17.1. The van der Waals surface area contributed by atoms with E-state index in [4.69, 9.17) is 12.2 Å². The molecule has 3 aromatic carbocycles. The molecule has 0 amide bonds. The number of thiocarbonyl (C=S) groups is 1. The molecule has 0 bridgehead atoms. The monoisotopic (exact) mass is 334 g/mol. The summed E-state index contributed by atoms with van der Waals surface area (Å²) in [5.74, 6) is 0. The molecule has 0 saturated heterocycles. The van der Waals surface area contributed by atoms with E-state index in [1.807, 2.05) is 6.07 Å². The van der Waals surface area contributed by atoms with Gasteiger partial charge in [-0.2, -0.15) is 0 Å². The molecule has 3 aromatic rings. The molecule has 0 aliphatic rings. The van der Waals surface area contributed by atoms with E-state index in [-0.39, 0.29) is 6.04 Å². The Bertz CT molecular complexity index is 881. The summed E-state index contributed by atoms with van der Waals surface area (Å²) in [4.78, 5) is 0. The van der Waals surface area contributed by atoms with Gasteiger partial charge in [0, 0.05) is 5.69 Å². The Morgan fingerprint density at radius 2 is 1.62 bits per heavy atom. The highest BCUT2D eigenvalue weighted by atomic mass is 32.1. The summed E-state index contributed by atoms with van der Waals surface area (Å²) in [5.41, 5.74) is 4.78. The van der Waals surface area contributed by atoms with Crippen molar-refractivity contribution in [2.24, 2.45) is 0 Å². The van der Waals surface area contributed by atoms with Crippen LogP contribution in [0.1, 0.15) is 29.7 Å². The van der Waals surface area contributed by atoms with Crippen LogP contribution in [0.4, 0.5) is 5.69 Å². The van der Waals surface area contributed by atoms with Gasteiger partial charge in [0.1, 0.15) is 0 Å². The van der Waals surface area contributed by atoms with Crippen LogP contribution < -0.4 is 10.6 Å².